The molecule has 102 valence electrons. The average Bonchev–Trinajstić information content (AvgIpc) is 2.41. The van der Waals surface area contributed by atoms with E-state index < -0.39 is 5.92 Å². The fourth-order valence-electron chi connectivity index (χ4n) is 2.30. The Kier molecular flexibility index (Phi) is 2.75. The minimum Gasteiger partial charge on any atom is -0.508 e. The summed E-state index contributed by atoms with van der Waals surface area (Å²) in [4.78, 5) is 12.4. The average molecular weight is 272 g/mol. The normalized spacial score (nSPS) is 17.4. The first-order valence-electron chi connectivity index (χ1n) is 6.08. The van der Waals surface area contributed by atoms with Crippen LogP contribution in [0.2, 0.25) is 0 Å². The van der Waals surface area contributed by atoms with E-state index in [1.165, 1.54) is 24.3 Å². The number of rotatable bonds is 1. The Labute approximate surface area is 114 Å². The topological polar surface area (TPSA) is 87.0 Å². The van der Waals surface area contributed by atoms with Gasteiger partial charge >= 0.3 is 0 Å². The fourth-order valence-corrected chi connectivity index (χ4v) is 2.30. The largest absolute Gasteiger partial charge is 0.508 e. The standard InChI is InChI=1S/C15H12O5/c16-9-3-1-2-8(4-9)11-7-20-14-6-13(18)12(17)5-10(14)15(11)19/h1-6,11,16-18H,7H2. The second-order valence-electron chi connectivity index (χ2n) is 4.66. The molecule has 0 aliphatic carbocycles. The summed E-state index contributed by atoms with van der Waals surface area (Å²) in [5.74, 6) is -1.12. The van der Waals surface area contributed by atoms with Crippen molar-refractivity contribution in [1.29, 1.82) is 0 Å². The maximum Gasteiger partial charge on any atom is 0.177 e. The summed E-state index contributed by atoms with van der Waals surface area (Å²) in [6, 6.07) is 8.84. The number of phenolic OH excluding ortho intramolecular Hbond substituents is 3. The first-order chi connectivity index (χ1) is 9.56. The number of hydrogen-bond donors (Lipinski definition) is 3. The lowest BCUT2D eigenvalue weighted by molar-refractivity contribution is 0.0895. The predicted molar refractivity (Wildman–Crippen MR) is 70.4 cm³/mol. The molecule has 0 saturated heterocycles. The summed E-state index contributed by atoms with van der Waals surface area (Å²) in [5, 5.41) is 28.4. The van der Waals surface area contributed by atoms with Crippen molar-refractivity contribution in [2.75, 3.05) is 6.61 Å². The van der Waals surface area contributed by atoms with Gasteiger partial charge in [0.15, 0.2) is 17.3 Å². The van der Waals surface area contributed by atoms with Gasteiger partial charge in [-0.05, 0) is 23.8 Å². The number of phenols is 3. The number of aromatic hydroxyl groups is 3. The van der Waals surface area contributed by atoms with Crippen molar-refractivity contribution >= 4 is 5.78 Å². The molecule has 0 amide bonds. The fraction of sp³-hybridized carbons (Fsp3) is 0.133. The lowest BCUT2D eigenvalue weighted by Crippen LogP contribution is -2.25. The molecule has 5 nitrogen and oxygen atoms in total. The van der Waals surface area contributed by atoms with Crippen LogP contribution in [0, 0.1) is 0 Å². The van der Waals surface area contributed by atoms with Gasteiger partial charge < -0.3 is 20.1 Å². The van der Waals surface area contributed by atoms with Gasteiger partial charge in [-0.3, -0.25) is 4.79 Å². The molecule has 20 heavy (non-hydrogen) atoms. The van der Waals surface area contributed by atoms with E-state index in [-0.39, 0.29) is 41.0 Å². The molecule has 5 heteroatoms. The molecular weight excluding hydrogens is 260 g/mol. The van der Waals surface area contributed by atoms with Crippen LogP contribution in [0.25, 0.3) is 0 Å². The van der Waals surface area contributed by atoms with Crippen molar-refractivity contribution in [2.24, 2.45) is 0 Å². The Bertz CT molecular complexity index is 693. The van der Waals surface area contributed by atoms with Gasteiger partial charge in [-0.1, -0.05) is 12.1 Å². The number of carbonyl (C=O) groups excluding carboxylic acids is 1. The van der Waals surface area contributed by atoms with E-state index in [0.29, 0.717) is 5.56 Å². The first kappa shape index (κ1) is 12.3. The zero-order valence-corrected chi connectivity index (χ0v) is 10.4. The van der Waals surface area contributed by atoms with Gasteiger partial charge in [0.25, 0.3) is 0 Å². The molecule has 1 heterocycles. The van der Waals surface area contributed by atoms with Crippen LogP contribution in [-0.2, 0) is 0 Å². The van der Waals surface area contributed by atoms with E-state index in [9.17, 15) is 20.1 Å². The first-order valence-corrected chi connectivity index (χ1v) is 6.08. The smallest absolute Gasteiger partial charge is 0.177 e. The molecule has 3 N–H and O–H groups in total. The van der Waals surface area contributed by atoms with Crippen molar-refractivity contribution < 1.29 is 24.9 Å². The van der Waals surface area contributed by atoms with Crippen LogP contribution in [-0.4, -0.2) is 27.7 Å². The highest BCUT2D eigenvalue weighted by Crippen LogP contribution is 2.39. The number of ketones is 1. The monoisotopic (exact) mass is 272 g/mol. The van der Waals surface area contributed by atoms with Crippen LogP contribution in [0.5, 0.6) is 23.0 Å². The Balaban J connectivity index is 2.03. The highest BCUT2D eigenvalue weighted by atomic mass is 16.5. The van der Waals surface area contributed by atoms with Crippen LogP contribution >= 0.6 is 0 Å². The second kappa shape index (κ2) is 4.45. The molecule has 0 saturated carbocycles. The van der Waals surface area contributed by atoms with E-state index >= 15 is 0 Å². The molecule has 0 fully saturated rings. The minimum atomic E-state index is -0.543. The van der Waals surface area contributed by atoms with Crippen LogP contribution in [0.15, 0.2) is 36.4 Å². The molecule has 1 aliphatic heterocycles. The lowest BCUT2D eigenvalue weighted by atomic mass is 9.89. The molecule has 0 spiro atoms. The third-order valence-corrected chi connectivity index (χ3v) is 3.34. The molecule has 0 radical (unpaired) electrons. The predicted octanol–water partition coefficient (Wildman–Crippen LogP) is 2.16. The van der Waals surface area contributed by atoms with Gasteiger partial charge in [-0.2, -0.15) is 0 Å². The van der Waals surface area contributed by atoms with Gasteiger partial charge in [-0.25, -0.2) is 0 Å². The summed E-state index contributed by atoms with van der Waals surface area (Å²) >= 11 is 0. The molecule has 2 aromatic carbocycles. The third-order valence-electron chi connectivity index (χ3n) is 3.34. The number of fused-ring (bicyclic) bond motifs is 1. The maximum absolute atomic E-state index is 12.4. The summed E-state index contributed by atoms with van der Waals surface area (Å²) in [6.07, 6.45) is 0. The maximum atomic E-state index is 12.4. The number of Topliss-reactive ketones (excluding diaryl/α,β-unsaturated/α-hetero) is 1. The molecule has 2 aromatic rings. The highest BCUT2D eigenvalue weighted by molar-refractivity contribution is 6.04. The van der Waals surface area contributed by atoms with Crippen LogP contribution < -0.4 is 4.74 Å². The van der Waals surface area contributed by atoms with Crippen molar-refractivity contribution in [1.82, 2.24) is 0 Å². The van der Waals surface area contributed by atoms with Gasteiger partial charge in [0, 0.05) is 6.07 Å². The Morgan fingerprint density at radius 3 is 2.55 bits per heavy atom. The van der Waals surface area contributed by atoms with Crippen molar-refractivity contribution in [3.05, 3.63) is 47.5 Å². The number of hydrogen-bond acceptors (Lipinski definition) is 5. The number of benzene rings is 2. The zero-order chi connectivity index (χ0) is 14.3. The molecule has 0 bridgehead atoms. The Morgan fingerprint density at radius 2 is 1.80 bits per heavy atom. The molecular formula is C15H12O5. The SMILES string of the molecule is O=C1c2cc(O)c(O)cc2OCC1c1cccc(O)c1. The summed E-state index contributed by atoms with van der Waals surface area (Å²) in [5.41, 5.74) is 0.869. The quantitative estimate of drug-likeness (QED) is 0.692. The molecule has 0 aromatic heterocycles. The zero-order valence-electron chi connectivity index (χ0n) is 10.4. The molecule has 1 unspecified atom stereocenters. The van der Waals surface area contributed by atoms with E-state index in [4.69, 9.17) is 4.74 Å². The van der Waals surface area contributed by atoms with Crippen molar-refractivity contribution in [3.8, 4) is 23.0 Å². The van der Waals surface area contributed by atoms with Crippen LogP contribution in [0.1, 0.15) is 21.8 Å². The van der Waals surface area contributed by atoms with Gasteiger partial charge in [0.1, 0.15) is 18.1 Å². The summed E-state index contributed by atoms with van der Waals surface area (Å²) in [7, 11) is 0. The summed E-state index contributed by atoms with van der Waals surface area (Å²) < 4.78 is 5.46. The highest BCUT2D eigenvalue weighted by Gasteiger charge is 2.31. The minimum absolute atomic E-state index is 0.0784. The molecule has 1 aliphatic rings. The Hall–Kier alpha value is -2.69. The van der Waals surface area contributed by atoms with Crippen LogP contribution in [0.4, 0.5) is 0 Å². The van der Waals surface area contributed by atoms with Crippen molar-refractivity contribution in [2.45, 2.75) is 5.92 Å². The van der Waals surface area contributed by atoms with Gasteiger partial charge in [0.2, 0.25) is 0 Å². The number of ether oxygens (including phenoxy) is 1. The van der Waals surface area contributed by atoms with E-state index in [2.05, 4.69) is 0 Å². The third kappa shape index (κ3) is 1.93. The van der Waals surface area contributed by atoms with Gasteiger partial charge in [0.05, 0.1) is 11.5 Å². The van der Waals surface area contributed by atoms with Crippen molar-refractivity contribution in [3.63, 3.8) is 0 Å². The van der Waals surface area contributed by atoms with Gasteiger partial charge in [-0.15, -0.1) is 0 Å². The van der Waals surface area contributed by atoms with Crippen LogP contribution in [0.3, 0.4) is 0 Å². The Morgan fingerprint density at radius 1 is 1.05 bits per heavy atom. The number of carbonyl (C=O) groups is 1. The van der Waals surface area contributed by atoms with E-state index in [0.717, 1.165) is 0 Å². The second-order valence-corrected chi connectivity index (χ2v) is 4.66. The molecule has 1 atom stereocenters. The van der Waals surface area contributed by atoms with E-state index in [1.54, 1.807) is 12.1 Å². The summed E-state index contributed by atoms with van der Waals surface area (Å²) in [6.45, 7) is 0.125. The molecule has 3 rings (SSSR count). The van der Waals surface area contributed by atoms with E-state index in [1.807, 2.05) is 0 Å². The lowest BCUT2D eigenvalue weighted by Gasteiger charge is -2.24.